The summed E-state index contributed by atoms with van der Waals surface area (Å²) in [6, 6.07) is 11.4. The minimum Gasteiger partial charge on any atom is -0.326 e. The molecule has 3 atom stereocenters. The molecular weight excluding hydrogens is 313 g/mol. The van der Waals surface area contributed by atoms with Gasteiger partial charge >= 0.3 is 0 Å². The van der Waals surface area contributed by atoms with E-state index in [1.807, 2.05) is 0 Å². The molecule has 0 aliphatic heterocycles. The molecule has 3 nitrogen and oxygen atoms in total. The lowest BCUT2D eigenvalue weighted by Gasteiger charge is -2.04. The van der Waals surface area contributed by atoms with Gasteiger partial charge in [0, 0.05) is 17.0 Å². The van der Waals surface area contributed by atoms with Crippen molar-refractivity contribution in [3.8, 4) is 0 Å². The molecule has 0 saturated heterocycles. The summed E-state index contributed by atoms with van der Waals surface area (Å²) in [5.74, 6) is -0.768. The minimum atomic E-state index is -3.55. The molecule has 0 bridgehead atoms. The maximum absolute atomic E-state index is 13.3. The molecule has 1 aliphatic rings. The zero-order valence-electron chi connectivity index (χ0n) is 10.9. The summed E-state index contributed by atoms with van der Waals surface area (Å²) in [6.07, 6.45) is 0. The topological polar surface area (TPSA) is 60.2 Å². The van der Waals surface area contributed by atoms with Crippen LogP contribution in [0.5, 0.6) is 0 Å². The summed E-state index contributed by atoms with van der Waals surface area (Å²) in [5.41, 5.74) is 6.53. The van der Waals surface area contributed by atoms with Crippen LogP contribution in [0, 0.1) is 5.82 Å². The summed E-state index contributed by atoms with van der Waals surface area (Å²) in [4.78, 5) is 0.186. The zero-order valence-corrected chi connectivity index (χ0v) is 12.5. The molecule has 0 heterocycles. The van der Waals surface area contributed by atoms with Crippen LogP contribution in [0.2, 0.25) is 5.02 Å². The number of hydrogen-bond acceptors (Lipinski definition) is 3. The molecule has 0 radical (unpaired) electrons. The number of nitrogens with two attached hydrogens (primary N) is 1. The molecule has 6 heteroatoms. The normalized spacial score (nSPS) is 24.8. The third-order valence-corrected chi connectivity index (χ3v) is 6.25. The zero-order chi connectivity index (χ0) is 15.2. The number of hydrogen-bond donors (Lipinski definition) is 1. The van der Waals surface area contributed by atoms with E-state index in [0.717, 1.165) is 0 Å². The van der Waals surface area contributed by atoms with Crippen LogP contribution in [0.1, 0.15) is 11.5 Å². The molecule has 0 aromatic heterocycles. The van der Waals surface area contributed by atoms with Crippen molar-refractivity contribution in [1.29, 1.82) is 0 Å². The van der Waals surface area contributed by atoms with Crippen molar-refractivity contribution >= 4 is 21.4 Å². The first-order valence-corrected chi connectivity index (χ1v) is 8.34. The van der Waals surface area contributed by atoms with E-state index in [9.17, 15) is 12.8 Å². The highest BCUT2D eigenvalue weighted by atomic mass is 35.5. The van der Waals surface area contributed by atoms with Crippen LogP contribution in [0.15, 0.2) is 53.4 Å². The van der Waals surface area contributed by atoms with E-state index in [4.69, 9.17) is 17.3 Å². The molecule has 21 heavy (non-hydrogen) atoms. The summed E-state index contributed by atoms with van der Waals surface area (Å²) in [6.45, 7) is 0. The van der Waals surface area contributed by atoms with E-state index in [0.29, 0.717) is 10.6 Å². The number of rotatable bonds is 3. The SMILES string of the molecule is N[C@@H]1[C@H](c2cccc(F)c2)[C@H]1S(=O)(=O)c1ccc(Cl)cc1. The fourth-order valence-electron chi connectivity index (χ4n) is 2.61. The predicted octanol–water partition coefficient (Wildman–Crippen LogP) is 2.75. The Morgan fingerprint density at radius 1 is 1.10 bits per heavy atom. The van der Waals surface area contributed by atoms with Gasteiger partial charge in [-0.25, -0.2) is 12.8 Å². The van der Waals surface area contributed by atoms with Gasteiger partial charge in [0.15, 0.2) is 9.84 Å². The van der Waals surface area contributed by atoms with E-state index in [-0.39, 0.29) is 10.8 Å². The average molecular weight is 326 g/mol. The predicted molar refractivity (Wildman–Crippen MR) is 79.5 cm³/mol. The lowest BCUT2D eigenvalue weighted by Crippen LogP contribution is -2.15. The van der Waals surface area contributed by atoms with E-state index < -0.39 is 26.9 Å². The lowest BCUT2D eigenvalue weighted by molar-refractivity contribution is 0.593. The molecule has 0 unspecified atom stereocenters. The van der Waals surface area contributed by atoms with Gasteiger partial charge in [-0.15, -0.1) is 0 Å². The van der Waals surface area contributed by atoms with Crippen LogP contribution in [-0.2, 0) is 9.84 Å². The van der Waals surface area contributed by atoms with Gasteiger partial charge in [0.25, 0.3) is 0 Å². The van der Waals surface area contributed by atoms with Gasteiger partial charge < -0.3 is 5.73 Å². The largest absolute Gasteiger partial charge is 0.326 e. The van der Waals surface area contributed by atoms with E-state index in [1.54, 1.807) is 12.1 Å². The molecule has 3 rings (SSSR count). The van der Waals surface area contributed by atoms with Crippen molar-refractivity contribution in [2.45, 2.75) is 22.1 Å². The first-order chi connectivity index (χ1) is 9.91. The van der Waals surface area contributed by atoms with E-state index in [1.165, 1.54) is 36.4 Å². The molecule has 1 aliphatic carbocycles. The Morgan fingerprint density at radius 3 is 2.38 bits per heavy atom. The molecular formula is C15H13ClFNO2S. The van der Waals surface area contributed by atoms with Gasteiger partial charge in [0.1, 0.15) is 5.82 Å². The second-order valence-corrected chi connectivity index (χ2v) is 7.66. The van der Waals surface area contributed by atoms with Gasteiger partial charge in [-0.3, -0.25) is 0 Å². The van der Waals surface area contributed by atoms with Crippen LogP contribution in [0.4, 0.5) is 4.39 Å². The minimum absolute atomic E-state index is 0.186. The fourth-order valence-corrected chi connectivity index (χ4v) is 4.78. The Bertz CT molecular complexity index is 777. The van der Waals surface area contributed by atoms with Crippen molar-refractivity contribution in [3.05, 3.63) is 64.9 Å². The first-order valence-electron chi connectivity index (χ1n) is 6.42. The Morgan fingerprint density at radius 2 is 1.76 bits per heavy atom. The van der Waals surface area contributed by atoms with Crippen molar-refractivity contribution in [3.63, 3.8) is 0 Å². The van der Waals surface area contributed by atoms with Crippen molar-refractivity contribution in [1.82, 2.24) is 0 Å². The molecule has 2 N–H and O–H groups in total. The third-order valence-electron chi connectivity index (χ3n) is 3.74. The van der Waals surface area contributed by atoms with Crippen LogP contribution in [0.25, 0.3) is 0 Å². The van der Waals surface area contributed by atoms with E-state index in [2.05, 4.69) is 0 Å². The Kier molecular flexibility index (Phi) is 3.51. The van der Waals surface area contributed by atoms with Crippen LogP contribution >= 0.6 is 11.6 Å². The van der Waals surface area contributed by atoms with Crippen LogP contribution < -0.4 is 5.73 Å². The summed E-state index contributed by atoms with van der Waals surface area (Å²) in [7, 11) is -3.55. The lowest BCUT2D eigenvalue weighted by atomic mass is 10.1. The van der Waals surface area contributed by atoms with Gasteiger partial charge in [-0.1, -0.05) is 23.7 Å². The molecule has 0 spiro atoms. The molecule has 110 valence electrons. The monoisotopic (exact) mass is 325 g/mol. The highest BCUT2D eigenvalue weighted by Crippen LogP contribution is 2.47. The fraction of sp³-hybridized carbons (Fsp3) is 0.200. The second-order valence-electron chi connectivity index (χ2n) is 5.12. The van der Waals surface area contributed by atoms with Crippen molar-refractivity contribution < 1.29 is 12.8 Å². The molecule has 1 saturated carbocycles. The van der Waals surface area contributed by atoms with Gasteiger partial charge in [0.2, 0.25) is 0 Å². The highest BCUT2D eigenvalue weighted by Gasteiger charge is 2.57. The third kappa shape index (κ3) is 2.57. The van der Waals surface area contributed by atoms with Gasteiger partial charge in [0.05, 0.1) is 10.1 Å². The maximum Gasteiger partial charge on any atom is 0.183 e. The Labute approximate surface area is 127 Å². The quantitative estimate of drug-likeness (QED) is 0.944. The summed E-state index contributed by atoms with van der Waals surface area (Å²) < 4.78 is 38.4. The number of benzene rings is 2. The standard InChI is InChI=1S/C15H13ClFNO2S/c16-10-4-6-12(7-5-10)21(19,20)15-13(14(15)18)9-2-1-3-11(17)8-9/h1-8,13-15H,18H2/t13-,14+,15+/m0/s1. The summed E-state index contributed by atoms with van der Waals surface area (Å²) in [5, 5.41) is -0.254. The smallest absolute Gasteiger partial charge is 0.183 e. The van der Waals surface area contributed by atoms with E-state index >= 15 is 0 Å². The molecule has 1 fully saturated rings. The first kappa shape index (κ1) is 14.5. The second kappa shape index (κ2) is 5.09. The molecule has 0 amide bonds. The Hall–Kier alpha value is -1.43. The summed E-state index contributed by atoms with van der Waals surface area (Å²) >= 11 is 5.77. The molecule has 2 aromatic rings. The highest BCUT2D eigenvalue weighted by molar-refractivity contribution is 7.92. The average Bonchev–Trinajstić information content (AvgIpc) is 3.12. The van der Waals surface area contributed by atoms with Crippen LogP contribution in [-0.4, -0.2) is 19.7 Å². The van der Waals surface area contributed by atoms with Crippen molar-refractivity contribution in [2.24, 2.45) is 5.73 Å². The van der Waals surface area contributed by atoms with Crippen LogP contribution in [0.3, 0.4) is 0 Å². The maximum atomic E-state index is 13.3. The molecule has 2 aromatic carbocycles. The number of sulfone groups is 1. The van der Waals surface area contributed by atoms with Gasteiger partial charge in [-0.2, -0.15) is 0 Å². The Balaban J connectivity index is 1.93. The van der Waals surface area contributed by atoms with Gasteiger partial charge in [-0.05, 0) is 42.0 Å². The van der Waals surface area contributed by atoms with Crippen molar-refractivity contribution in [2.75, 3.05) is 0 Å². The number of halogens is 2.